The monoisotopic (exact) mass is 280 g/mol. The average molecular weight is 280 g/mol. The summed E-state index contributed by atoms with van der Waals surface area (Å²) >= 11 is 0. The molecular formula is C18H36N2. The van der Waals surface area contributed by atoms with E-state index in [1.165, 1.54) is 77.4 Å². The molecule has 0 radical (unpaired) electrons. The van der Waals surface area contributed by atoms with Crippen molar-refractivity contribution in [2.75, 3.05) is 19.6 Å². The van der Waals surface area contributed by atoms with E-state index in [9.17, 15) is 0 Å². The molecule has 0 heterocycles. The summed E-state index contributed by atoms with van der Waals surface area (Å²) in [4.78, 5) is 2.83. The van der Waals surface area contributed by atoms with Crippen molar-refractivity contribution in [2.45, 2.75) is 90.6 Å². The molecule has 2 fully saturated rings. The van der Waals surface area contributed by atoms with E-state index in [4.69, 9.17) is 0 Å². The van der Waals surface area contributed by atoms with Gasteiger partial charge in [-0.25, -0.2) is 0 Å². The lowest BCUT2D eigenvalue weighted by Crippen LogP contribution is -2.46. The fourth-order valence-electron chi connectivity index (χ4n) is 3.84. The molecular weight excluding hydrogens is 244 g/mol. The molecule has 0 aromatic carbocycles. The molecule has 0 aromatic heterocycles. The number of hydrogen-bond donors (Lipinski definition) is 1. The third kappa shape index (κ3) is 5.04. The second-order valence-electron chi connectivity index (χ2n) is 7.65. The van der Waals surface area contributed by atoms with E-state index in [-0.39, 0.29) is 0 Å². The van der Waals surface area contributed by atoms with E-state index in [1.54, 1.807) is 0 Å². The molecule has 1 N–H and O–H groups in total. The van der Waals surface area contributed by atoms with Crippen LogP contribution in [0.1, 0.15) is 78.6 Å². The molecule has 118 valence electrons. The van der Waals surface area contributed by atoms with Gasteiger partial charge in [-0.15, -0.1) is 0 Å². The van der Waals surface area contributed by atoms with E-state index >= 15 is 0 Å². The average Bonchev–Trinajstić information content (AvgIpc) is 3.24. The normalized spacial score (nSPS) is 23.2. The predicted octanol–water partition coefficient (Wildman–Crippen LogP) is 4.20. The SMILES string of the molecule is CCCN(CC1(CNC(C)C)CCCCCC1)C1CC1. The lowest BCUT2D eigenvalue weighted by molar-refractivity contribution is 0.118. The van der Waals surface area contributed by atoms with Crippen LogP contribution in [0.5, 0.6) is 0 Å². The Hall–Kier alpha value is -0.0800. The van der Waals surface area contributed by atoms with Crippen molar-refractivity contribution in [3.8, 4) is 0 Å². The van der Waals surface area contributed by atoms with Gasteiger partial charge in [-0.1, -0.05) is 46.5 Å². The zero-order valence-corrected chi connectivity index (χ0v) is 14.1. The second-order valence-corrected chi connectivity index (χ2v) is 7.65. The standard InChI is InChI=1S/C18H36N2/c1-4-13-20(17-9-10-17)15-18(14-19-16(2)3)11-7-5-6-8-12-18/h16-17,19H,4-15H2,1-3H3. The molecule has 2 rings (SSSR count). The van der Waals surface area contributed by atoms with Crippen LogP contribution in [-0.4, -0.2) is 36.6 Å². The summed E-state index contributed by atoms with van der Waals surface area (Å²) in [5.74, 6) is 0. The smallest absolute Gasteiger partial charge is 0.00966 e. The van der Waals surface area contributed by atoms with E-state index in [0.29, 0.717) is 11.5 Å². The fraction of sp³-hybridized carbons (Fsp3) is 1.00. The first-order valence-corrected chi connectivity index (χ1v) is 9.13. The largest absolute Gasteiger partial charge is 0.314 e. The summed E-state index contributed by atoms with van der Waals surface area (Å²) < 4.78 is 0. The molecule has 2 saturated carbocycles. The highest BCUT2D eigenvalue weighted by Crippen LogP contribution is 2.38. The van der Waals surface area contributed by atoms with E-state index < -0.39 is 0 Å². The van der Waals surface area contributed by atoms with Crippen molar-refractivity contribution in [3.05, 3.63) is 0 Å². The molecule has 2 nitrogen and oxygen atoms in total. The van der Waals surface area contributed by atoms with Crippen molar-refractivity contribution < 1.29 is 0 Å². The summed E-state index contributed by atoms with van der Waals surface area (Å²) in [6, 6.07) is 1.55. The van der Waals surface area contributed by atoms with Gasteiger partial charge in [0.25, 0.3) is 0 Å². The zero-order chi connectivity index (χ0) is 14.4. The molecule has 2 heteroatoms. The van der Waals surface area contributed by atoms with E-state index in [2.05, 4.69) is 31.0 Å². The van der Waals surface area contributed by atoms with E-state index in [1.807, 2.05) is 0 Å². The second kappa shape index (κ2) is 7.79. The molecule has 0 unspecified atom stereocenters. The Labute approximate surface area is 126 Å². The van der Waals surface area contributed by atoms with E-state index in [0.717, 1.165) is 6.04 Å². The molecule has 0 aliphatic heterocycles. The van der Waals surface area contributed by atoms with Crippen LogP contribution in [0.15, 0.2) is 0 Å². The molecule has 0 bridgehead atoms. The maximum absolute atomic E-state index is 3.76. The molecule has 0 amide bonds. The van der Waals surface area contributed by atoms with Crippen LogP contribution in [0, 0.1) is 5.41 Å². The third-order valence-corrected chi connectivity index (χ3v) is 5.16. The van der Waals surface area contributed by atoms with Gasteiger partial charge in [0.15, 0.2) is 0 Å². The van der Waals surface area contributed by atoms with Crippen LogP contribution in [0.25, 0.3) is 0 Å². The first kappa shape index (κ1) is 16.3. The third-order valence-electron chi connectivity index (χ3n) is 5.16. The van der Waals surface area contributed by atoms with Crippen LogP contribution >= 0.6 is 0 Å². The highest BCUT2D eigenvalue weighted by molar-refractivity contribution is 4.92. The fourth-order valence-corrected chi connectivity index (χ4v) is 3.84. The summed E-state index contributed by atoms with van der Waals surface area (Å²) in [7, 11) is 0. The van der Waals surface area contributed by atoms with Gasteiger partial charge in [0.2, 0.25) is 0 Å². The lowest BCUT2D eigenvalue weighted by atomic mass is 9.79. The Morgan fingerprint density at radius 3 is 2.25 bits per heavy atom. The highest BCUT2D eigenvalue weighted by Gasteiger charge is 2.37. The Morgan fingerprint density at radius 1 is 1.10 bits per heavy atom. The Morgan fingerprint density at radius 2 is 1.75 bits per heavy atom. The van der Waals surface area contributed by atoms with Gasteiger partial charge in [-0.2, -0.15) is 0 Å². The quantitative estimate of drug-likeness (QED) is 0.670. The minimum atomic E-state index is 0.554. The van der Waals surface area contributed by atoms with Gasteiger partial charge in [0.1, 0.15) is 0 Å². The summed E-state index contributed by atoms with van der Waals surface area (Å²) in [5.41, 5.74) is 0.554. The highest BCUT2D eigenvalue weighted by atomic mass is 15.2. The van der Waals surface area contributed by atoms with Gasteiger partial charge in [-0.3, -0.25) is 4.90 Å². The minimum Gasteiger partial charge on any atom is -0.314 e. The maximum atomic E-state index is 3.76. The molecule has 20 heavy (non-hydrogen) atoms. The Balaban J connectivity index is 1.99. The Bertz CT molecular complexity index is 263. The number of nitrogens with one attached hydrogen (secondary N) is 1. The first-order valence-electron chi connectivity index (χ1n) is 9.13. The van der Waals surface area contributed by atoms with Crippen LogP contribution in [-0.2, 0) is 0 Å². The zero-order valence-electron chi connectivity index (χ0n) is 14.1. The minimum absolute atomic E-state index is 0.554. The van der Waals surface area contributed by atoms with Crippen molar-refractivity contribution in [1.82, 2.24) is 10.2 Å². The summed E-state index contributed by atoms with van der Waals surface area (Å²) in [5, 5.41) is 3.76. The van der Waals surface area contributed by atoms with Gasteiger partial charge >= 0.3 is 0 Å². The molecule has 0 aromatic rings. The molecule has 0 spiro atoms. The number of nitrogens with zero attached hydrogens (tertiary/aromatic N) is 1. The van der Waals surface area contributed by atoms with Crippen molar-refractivity contribution in [2.24, 2.45) is 5.41 Å². The predicted molar refractivity (Wildman–Crippen MR) is 88.2 cm³/mol. The molecule has 0 atom stereocenters. The summed E-state index contributed by atoms with van der Waals surface area (Å²) in [6.45, 7) is 10.8. The molecule has 2 aliphatic carbocycles. The Kier molecular flexibility index (Phi) is 6.35. The molecule has 2 aliphatic rings. The van der Waals surface area contributed by atoms with Gasteiger partial charge in [0, 0.05) is 25.2 Å². The first-order chi connectivity index (χ1) is 9.65. The van der Waals surface area contributed by atoms with Crippen LogP contribution < -0.4 is 5.32 Å². The summed E-state index contributed by atoms with van der Waals surface area (Å²) in [6.07, 6.45) is 12.9. The van der Waals surface area contributed by atoms with Crippen LogP contribution in [0.2, 0.25) is 0 Å². The van der Waals surface area contributed by atoms with Crippen molar-refractivity contribution in [3.63, 3.8) is 0 Å². The maximum Gasteiger partial charge on any atom is 0.00966 e. The lowest BCUT2D eigenvalue weighted by Gasteiger charge is -2.39. The van der Waals surface area contributed by atoms with Gasteiger partial charge in [0.05, 0.1) is 0 Å². The van der Waals surface area contributed by atoms with Crippen LogP contribution in [0.4, 0.5) is 0 Å². The molecule has 0 saturated heterocycles. The van der Waals surface area contributed by atoms with Gasteiger partial charge < -0.3 is 5.32 Å². The topological polar surface area (TPSA) is 15.3 Å². The van der Waals surface area contributed by atoms with Gasteiger partial charge in [-0.05, 0) is 44.1 Å². The number of rotatable bonds is 8. The van der Waals surface area contributed by atoms with Crippen molar-refractivity contribution >= 4 is 0 Å². The number of hydrogen-bond acceptors (Lipinski definition) is 2. The van der Waals surface area contributed by atoms with Crippen LogP contribution in [0.3, 0.4) is 0 Å². The van der Waals surface area contributed by atoms with Crippen molar-refractivity contribution in [1.29, 1.82) is 0 Å².